The minimum atomic E-state index is -0.189. The summed E-state index contributed by atoms with van der Waals surface area (Å²) in [4.78, 5) is 0. The molecule has 0 fully saturated rings. The van der Waals surface area contributed by atoms with Crippen LogP contribution < -0.4 is 0 Å². The molecule has 0 N–H and O–H groups in total. The van der Waals surface area contributed by atoms with Crippen molar-refractivity contribution in [2.24, 2.45) is 0 Å². The van der Waals surface area contributed by atoms with Crippen molar-refractivity contribution in [3.8, 4) is 33.4 Å². The molecular weight excluding hydrogens is 504 g/mol. The third-order valence-electron chi connectivity index (χ3n) is 9.97. The quantitative estimate of drug-likeness (QED) is 0.180. The fraction of sp³-hybridized carbons (Fsp3) is 0.143. The molecule has 1 spiro atoms. The third kappa shape index (κ3) is 3.18. The van der Waals surface area contributed by atoms with E-state index in [1.807, 2.05) is 0 Å². The first kappa shape index (κ1) is 25.1. The standard InChI is InChI=1S/C26H18.C16H16/c1-17-14-15-21-20-10-4-7-13-24(20)26(25(21)16-17)22-11-5-2-8-18(22)19-9-3-6-12-23(19)26;1-11-7-6-10-14-15(11)12-8-4-5-9-13(12)16(14,2)3/h2-16H,1H3;4-10H,1-3H3. The average Bonchev–Trinajstić information content (AvgIpc) is 3.57. The molecule has 0 heteroatoms. The average molecular weight is 539 g/mol. The van der Waals surface area contributed by atoms with E-state index < -0.39 is 0 Å². The molecule has 0 nitrogen and oxygen atoms in total. The number of rotatable bonds is 0. The smallest absolute Gasteiger partial charge is 0.0619 e. The summed E-state index contributed by atoms with van der Waals surface area (Å²) < 4.78 is 0. The molecule has 0 aliphatic heterocycles. The third-order valence-corrected chi connectivity index (χ3v) is 9.97. The summed E-state index contributed by atoms with van der Waals surface area (Å²) in [6.45, 7) is 9.04. The van der Waals surface area contributed by atoms with Crippen LogP contribution in [-0.4, -0.2) is 0 Å². The number of benzene rings is 6. The normalized spacial score (nSPS) is 15.0. The van der Waals surface area contributed by atoms with Crippen LogP contribution in [0.3, 0.4) is 0 Å². The molecule has 42 heavy (non-hydrogen) atoms. The highest BCUT2D eigenvalue weighted by molar-refractivity contribution is 5.95. The first-order valence-corrected chi connectivity index (χ1v) is 15.0. The van der Waals surface area contributed by atoms with Gasteiger partial charge in [0.15, 0.2) is 0 Å². The molecule has 9 rings (SSSR count). The van der Waals surface area contributed by atoms with Gasteiger partial charge in [-0.2, -0.15) is 0 Å². The molecule has 0 unspecified atom stereocenters. The SMILES string of the molecule is Cc1ccc2c(c1)C1(c3ccccc3-c3ccccc31)c1ccccc1-2.Cc1cccc2c1-c1ccccc1C2(C)C. The second-order valence-electron chi connectivity index (χ2n) is 12.6. The lowest BCUT2D eigenvalue weighted by molar-refractivity contribution is 0.660. The van der Waals surface area contributed by atoms with Gasteiger partial charge >= 0.3 is 0 Å². The van der Waals surface area contributed by atoms with Gasteiger partial charge in [-0.05, 0) is 86.2 Å². The van der Waals surface area contributed by atoms with Gasteiger partial charge in [-0.25, -0.2) is 0 Å². The molecule has 6 aromatic carbocycles. The van der Waals surface area contributed by atoms with Crippen molar-refractivity contribution in [1.29, 1.82) is 0 Å². The first-order chi connectivity index (χ1) is 20.4. The van der Waals surface area contributed by atoms with E-state index in [9.17, 15) is 0 Å². The lowest BCUT2D eigenvalue weighted by Gasteiger charge is -2.30. The van der Waals surface area contributed by atoms with Crippen molar-refractivity contribution < 1.29 is 0 Å². The molecule has 202 valence electrons. The Labute approximate surface area is 249 Å². The van der Waals surface area contributed by atoms with E-state index in [4.69, 9.17) is 0 Å². The van der Waals surface area contributed by atoms with Crippen LogP contribution in [0.1, 0.15) is 58.4 Å². The van der Waals surface area contributed by atoms with Gasteiger partial charge in [0.25, 0.3) is 0 Å². The second-order valence-corrected chi connectivity index (χ2v) is 12.6. The Morgan fingerprint density at radius 1 is 0.381 bits per heavy atom. The Morgan fingerprint density at radius 3 is 1.40 bits per heavy atom. The van der Waals surface area contributed by atoms with Gasteiger partial charge in [-0.3, -0.25) is 0 Å². The van der Waals surface area contributed by atoms with Gasteiger partial charge < -0.3 is 0 Å². The number of hydrogen-bond acceptors (Lipinski definition) is 0. The highest BCUT2D eigenvalue weighted by Gasteiger charge is 2.51. The number of fused-ring (bicyclic) bond motifs is 13. The van der Waals surface area contributed by atoms with E-state index in [1.54, 1.807) is 0 Å². The van der Waals surface area contributed by atoms with E-state index in [0.717, 1.165) is 0 Å². The van der Waals surface area contributed by atoms with Crippen molar-refractivity contribution in [2.45, 2.75) is 38.5 Å². The van der Waals surface area contributed by atoms with E-state index in [2.05, 4.69) is 161 Å². The Balaban J connectivity index is 0.000000143. The van der Waals surface area contributed by atoms with Crippen molar-refractivity contribution in [3.05, 3.63) is 178 Å². The van der Waals surface area contributed by atoms with E-state index in [1.165, 1.54) is 77.9 Å². The molecule has 0 saturated heterocycles. The highest BCUT2D eigenvalue weighted by atomic mass is 14.5. The Morgan fingerprint density at radius 2 is 0.833 bits per heavy atom. The van der Waals surface area contributed by atoms with Crippen molar-refractivity contribution in [3.63, 3.8) is 0 Å². The van der Waals surface area contributed by atoms with Gasteiger partial charge in [-0.1, -0.05) is 153 Å². The molecule has 3 aliphatic rings. The monoisotopic (exact) mass is 538 g/mol. The maximum Gasteiger partial charge on any atom is 0.0725 e. The summed E-state index contributed by atoms with van der Waals surface area (Å²) in [5.74, 6) is 0. The van der Waals surface area contributed by atoms with Gasteiger partial charge in [0.1, 0.15) is 0 Å². The van der Waals surface area contributed by atoms with Gasteiger partial charge in [0.05, 0.1) is 5.41 Å². The van der Waals surface area contributed by atoms with Gasteiger partial charge in [-0.15, -0.1) is 0 Å². The van der Waals surface area contributed by atoms with Crippen LogP contribution in [0.15, 0.2) is 133 Å². The fourth-order valence-corrected chi connectivity index (χ4v) is 8.15. The molecule has 0 amide bonds. The molecule has 0 saturated carbocycles. The maximum atomic E-state index is 2.40. The molecule has 0 radical (unpaired) electrons. The first-order valence-electron chi connectivity index (χ1n) is 15.0. The van der Waals surface area contributed by atoms with Crippen LogP contribution in [0.5, 0.6) is 0 Å². The Hall–Kier alpha value is -4.68. The van der Waals surface area contributed by atoms with Crippen LogP contribution in [0.4, 0.5) is 0 Å². The predicted molar refractivity (Wildman–Crippen MR) is 176 cm³/mol. The Bertz CT molecular complexity index is 1970. The maximum absolute atomic E-state index is 2.40. The summed E-state index contributed by atoms with van der Waals surface area (Å²) in [5, 5.41) is 0. The molecule has 0 heterocycles. The molecule has 0 bridgehead atoms. The molecule has 0 atom stereocenters. The fourth-order valence-electron chi connectivity index (χ4n) is 8.15. The lowest BCUT2D eigenvalue weighted by Crippen LogP contribution is -2.25. The zero-order valence-corrected chi connectivity index (χ0v) is 24.7. The van der Waals surface area contributed by atoms with E-state index >= 15 is 0 Å². The van der Waals surface area contributed by atoms with E-state index in [0.29, 0.717) is 0 Å². The second kappa shape index (κ2) is 8.91. The van der Waals surface area contributed by atoms with Gasteiger partial charge in [0.2, 0.25) is 0 Å². The van der Waals surface area contributed by atoms with Crippen molar-refractivity contribution >= 4 is 0 Å². The van der Waals surface area contributed by atoms with Crippen LogP contribution in [0, 0.1) is 13.8 Å². The van der Waals surface area contributed by atoms with Gasteiger partial charge in [0, 0.05) is 5.41 Å². The van der Waals surface area contributed by atoms with Crippen LogP contribution >= 0.6 is 0 Å². The highest BCUT2D eigenvalue weighted by Crippen LogP contribution is 2.62. The van der Waals surface area contributed by atoms with Crippen LogP contribution in [-0.2, 0) is 10.8 Å². The summed E-state index contributed by atoms with van der Waals surface area (Å²) in [6.07, 6.45) is 0. The van der Waals surface area contributed by atoms with E-state index in [-0.39, 0.29) is 10.8 Å². The summed E-state index contributed by atoms with van der Waals surface area (Å²) >= 11 is 0. The zero-order valence-electron chi connectivity index (χ0n) is 24.7. The number of hydrogen-bond donors (Lipinski definition) is 0. The van der Waals surface area contributed by atoms with Crippen molar-refractivity contribution in [1.82, 2.24) is 0 Å². The van der Waals surface area contributed by atoms with Crippen LogP contribution in [0.25, 0.3) is 33.4 Å². The Kier molecular flexibility index (Phi) is 5.32. The molecular formula is C42H34. The van der Waals surface area contributed by atoms with Crippen LogP contribution in [0.2, 0.25) is 0 Å². The topological polar surface area (TPSA) is 0 Å². The summed E-state index contributed by atoms with van der Waals surface area (Å²) in [5.41, 5.74) is 19.6. The van der Waals surface area contributed by atoms with Crippen molar-refractivity contribution in [2.75, 3.05) is 0 Å². The zero-order chi connectivity index (χ0) is 28.6. The number of aryl methyl sites for hydroxylation is 2. The summed E-state index contributed by atoms with van der Waals surface area (Å²) in [7, 11) is 0. The lowest BCUT2D eigenvalue weighted by atomic mass is 9.70. The summed E-state index contributed by atoms with van der Waals surface area (Å²) in [6, 6.07) is 49.2. The minimum absolute atomic E-state index is 0.151. The molecule has 6 aromatic rings. The molecule has 3 aliphatic carbocycles. The molecule has 0 aromatic heterocycles. The minimum Gasteiger partial charge on any atom is -0.0619 e. The predicted octanol–water partition coefficient (Wildman–Crippen LogP) is 10.6. The largest absolute Gasteiger partial charge is 0.0725 e.